The summed E-state index contributed by atoms with van der Waals surface area (Å²) < 4.78 is 1.64. The Labute approximate surface area is 197 Å². The standard InChI is InChI=1S/C24H24Cl2N4O2/c1-15-21(23(32)28-24(2,3)14-31)29-30(22(15)17-7-9-18(25)10-8-17)20-11-6-16(5-4-12-27)13-19(20)26/h6-11,13,31H,12,14,27H2,1-3H3,(H,28,32). The maximum atomic E-state index is 13.0. The maximum absolute atomic E-state index is 13.0. The van der Waals surface area contributed by atoms with Gasteiger partial charge in [-0.05, 0) is 51.1 Å². The fourth-order valence-corrected chi connectivity index (χ4v) is 3.53. The first-order valence-corrected chi connectivity index (χ1v) is 10.7. The van der Waals surface area contributed by atoms with Crippen molar-refractivity contribution in [3.8, 4) is 28.8 Å². The summed E-state index contributed by atoms with van der Waals surface area (Å²) in [5.41, 5.74) is 8.40. The van der Waals surface area contributed by atoms with Crippen LogP contribution in [0.1, 0.15) is 35.5 Å². The van der Waals surface area contributed by atoms with Gasteiger partial charge in [-0.3, -0.25) is 4.79 Å². The smallest absolute Gasteiger partial charge is 0.272 e. The highest BCUT2D eigenvalue weighted by Crippen LogP contribution is 2.32. The van der Waals surface area contributed by atoms with Crippen LogP contribution in [-0.2, 0) is 0 Å². The second-order valence-corrected chi connectivity index (χ2v) is 8.75. The lowest BCUT2D eigenvalue weighted by Gasteiger charge is -2.22. The number of amides is 1. The average molecular weight is 471 g/mol. The van der Waals surface area contributed by atoms with Crippen LogP contribution < -0.4 is 11.1 Å². The molecule has 32 heavy (non-hydrogen) atoms. The van der Waals surface area contributed by atoms with Crippen LogP contribution in [0.15, 0.2) is 42.5 Å². The van der Waals surface area contributed by atoms with E-state index in [4.69, 9.17) is 28.9 Å². The molecule has 1 heterocycles. The van der Waals surface area contributed by atoms with Gasteiger partial charge in [-0.1, -0.05) is 47.2 Å². The van der Waals surface area contributed by atoms with Gasteiger partial charge in [0.15, 0.2) is 5.69 Å². The van der Waals surface area contributed by atoms with Crippen LogP contribution >= 0.6 is 23.2 Å². The van der Waals surface area contributed by atoms with Crippen molar-refractivity contribution >= 4 is 29.1 Å². The highest BCUT2D eigenvalue weighted by atomic mass is 35.5. The molecule has 8 heteroatoms. The van der Waals surface area contributed by atoms with E-state index in [-0.39, 0.29) is 18.8 Å². The molecule has 0 aliphatic carbocycles. The highest BCUT2D eigenvalue weighted by Gasteiger charge is 2.27. The van der Waals surface area contributed by atoms with Gasteiger partial charge < -0.3 is 16.2 Å². The quantitative estimate of drug-likeness (QED) is 0.491. The second-order valence-electron chi connectivity index (χ2n) is 7.91. The molecule has 0 spiro atoms. The molecule has 1 amide bonds. The zero-order chi connectivity index (χ0) is 23.5. The number of halogens is 2. The summed E-state index contributed by atoms with van der Waals surface area (Å²) >= 11 is 12.7. The summed E-state index contributed by atoms with van der Waals surface area (Å²) in [6.45, 7) is 5.33. The molecule has 0 fully saturated rings. The summed E-state index contributed by atoms with van der Waals surface area (Å²) in [5.74, 6) is 5.36. The molecular formula is C24H24Cl2N4O2. The van der Waals surface area contributed by atoms with Crippen LogP contribution in [0.4, 0.5) is 0 Å². The van der Waals surface area contributed by atoms with Crippen LogP contribution in [0, 0.1) is 18.8 Å². The third-order valence-corrected chi connectivity index (χ3v) is 5.37. The van der Waals surface area contributed by atoms with Crippen molar-refractivity contribution < 1.29 is 9.90 Å². The first-order valence-electron chi connectivity index (χ1n) is 9.94. The Kier molecular flexibility index (Phi) is 7.27. The van der Waals surface area contributed by atoms with Crippen LogP contribution in [-0.4, -0.2) is 39.5 Å². The highest BCUT2D eigenvalue weighted by molar-refractivity contribution is 6.32. The first-order chi connectivity index (χ1) is 15.2. The molecule has 3 aromatic rings. The molecule has 166 valence electrons. The number of nitrogens with two attached hydrogens (primary N) is 1. The Morgan fingerprint density at radius 3 is 2.50 bits per heavy atom. The molecule has 4 N–H and O–H groups in total. The van der Waals surface area contributed by atoms with Crippen LogP contribution in [0.5, 0.6) is 0 Å². The molecule has 0 unspecified atom stereocenters. The lowest BCUT2D eigenvalue weighted by atomic mass is 10.0. The SMILES string of the molecule is Cc1c(C(=O)NC(C)(C)CO)nn(-c2ccc(C#CCN)cc2Cl)c1-c1ccc(Cl)cc1. The third-order valence-electron chi connectivity index (χ3n) is 4.81. The molecule has 0 aliphatic heterocycles. The molecule has 0 saturated carbocycles. The fourth-order valence-electron chi connectivity index (χ4n) is 3.15. The van der Waals surface area contributed by atoms with Crippen LogP contribution in [0.3, 0.4) is 0 Å². The van der Waals surface area contributed by atoms with Crippen LogP contribution in [0.25, 0.3) is 16.9 Å². The van der Waals surface area contributed by atoms with Crippen molar-refractivity contribution in [3.05, 3.63) is 69.3 Å². The van der Waals surface area contributed by atoms with E-state index < -0.39 is 11.4 Å². The van der Waals surface area contributed by atoms with Gasteiger partial charge in [-0.25, -0.2) is 4.68 Å². The summed E-state index contributed by atoms with van der Waals surface area (Å²) in [6, 6.07) is 12.6. The molecule has 0 bridgehead atoms. The number of nitrogens with one attached hydrogen (secondary N) is 1. The Morgan fingerprint density at radius 1 is 1.22 bits per heavy atom. The molecule has 0 aliphatic rings. The molecule has 3 rings (SSSR count). The summed E-state index contributed by atoms with van der Waals surface area (Å²) in [6.07, 6.45) is 0. The van der Waals surface area contributed by atoms with E-state index in [9.17, 15) is 9.90 Å². The van der Waals surface area contributed by atoms with E-state index in [1.807, 2.05) is 25.1 Å². The number of aliphatic hydroxyl groups excluding tert-OH is 1. The second kappa shape index (κ2) is 9.76. The molecule has 6 nitrogen and oxygen atoms in total. The van der Waals surface area contributed by atoms with Crippen molar-refractivity contribution in [2.24, 2.45) is 5.73 Å². The Balaban J connectivity index is 2.18. The van der Waals surface area contributed by atoms with Gasteiger partial charge in [0, 0.05) is 21.7 Å². The fraction of sp³-hybridized carbons (Fsp3) is 0.250. The average Bonchev–Trinajstić information content (AvgIpc) is 3.09. The molecule has 0 atom stereocenters. The van der Waals surface area contributed by atoms with E-state index in [2.05, 4.69) is 22.3 Å². The zero-order valence-electron chi connectivity index (χ0n) is 18.0. The topological polar surface area (TPSA) is 93.2 Å². The molecular weight excluding hydrogens is 447 g/mol. The molecule has 1 aromatic heterocycles. The molecule has 0 saturated heterocycles. The van der Waals surface area contributed by atoms with Gasteiger partial charge in [0.1, 0.15) is 0 Å². The summed E-state index contributed by atoms with van der Waals surface area (Å²) in [4.78, 5) is 13.0. The van der Waals surface area contributed by atoms with Crippen molar-refractivity contribution in [3.63, 3.8) is 0 Å². The predicted molar refractivity (Wildman–Crippen MR) is 128 cm³/mol. The van der Waals surface area contributed by atoms with Gasteiger partial charge in [0.05, 0.1) is 35.1 Å². The van der Waals surface area contributed by atoms with Gasteiger partial charge in [-0.15, -0.1) is 0 Å². The van der Waals surface area contributed by atoms with Crippen molar-refractivity contribution in [1.29, 1.82) is 0 Å². The largest absolute Gasteiger partial charge is 0.394 e. The number of hydrogen-bond acceptors (Lipinski definition) is 4. The zero-order valence-corrected chi connectivity index (χ0v) is 19.6. The first kappa shape index (κ1) is 23.8. The number of carbonyl (C=O) groups excluding carboxylic acids is 1. The minimum absolute atomic E-state index is 0.209. The number of hydrogen-bond donors (Lipinski definition) is 3. The van der Waals surface area contributed by atoms with Crippen molar-refractivity contribution in [1.82, 2.24) is 15.1 Å². The van der Waals surface area contributed by atoms with Crippen molar-refractivity contribution in [2.45, 2.75) is 26.3 Å². The molecule has 0 radical (unpaired) electrons. The lowest BCUT2D eigenvalue weighted by Crippen LogP contribution is -2.46. The minimum atomic E-state index is -0.797. The van der Waals surface area contributed by atoms with Gasteiger partial charge in [0.2, 0.25) is 0 Å². The molecule has 2 aromatic carbocycles. The van der Waals surface area contributed by atoms with Gasteiger partial charge in [-0.2, -0.15) is 5.10 Å². The van der Waals surface area contributed by atoms with E-state index in [1.54, 1.807) is 42.8 Å². The Morgan fingerprint density at radius 2 is 1.91 bits per heavy atom. The number of benzene rings is 2. The minimum Gasteiger partial charge on any atom is -0.394 e. The Hall–Kier alpha value is -2.82. The lowest BCUT2D eigenvalue weighted by molar-refractivity contribution is 0.0863. The van der Waals surface area contributed by atoms with Gasteiger partial charge >= 0.3 is 0 Å². The number of carbonyl (C=O) groups is 1. The van der Waals surface area contributed by atoms with E-state index in [0.29, 0.717) is 27.0 Å². The normalized spacial score (nSPS) is 11.1. The summed E-state index contributed by atoms with van der Waals surface area (Å²) in [5, 5.41) is 18.0. The third kappa shape index (κ3) is 5.14. The number of aliphatic hydroxyl groups is 1. The number of aromatic nitrogens is 2. The van der Waals surface area contributed by atoms with Crippen molar-refractivity contribution in [2.75, 3.05) is 13.2 Å². The van der Waals surface area contributed by atoms with E-state index in [1.165, 1.54) is 0 Å². The monoisotopic (exact) mass is 470 g/mol. The summed E-state index contributed by atoms with van der Waals surface area (Å²) in [7, 11) is 0. The predicted octanol–water partition coefficient (Wildman–Crippen LogP) is 3.97. The van der Waals surface area contributed by atoms with Crippen LogP contribution in [0.2, 0.25) is 10.0 Å². The maximum Gasteiger partial charge on any atom is 0.272 e. The number of rotatable bonds is 5. The van der Waals surface area contributed by atoms with E-state index >= 15 is 0 Å². The Bertz CT molecular complexity index is 1210. The van der Waals surface area contributed by atoms with Gasteiger partial charge in [0.25, 0.3) is 5.91 Å². The number of nitrogens with zero attached hydrogens (tertiary/aromatic N) is 2. The van der Waals surface area contributed by atoms with E-state index in [0.717, 1.165) is 11.1 Å².